The minimum absolute atomic E-state index is 0.306. The van der Waals surface area contributed by atoms with Gasteiger partial charge in [-0.25, -0.2) is 4.98 Å². The van der Waals surface area contributed by atoms with Crippen molar-refractivity contribution in [3.8, 4) is 5.75 Å². The summed E-state index contributed by atoms with van der Waals surface area (Å²) in [4.78, 5) is 4.38. The smallest absolute Gasteiger partial charge is 0.171 e. The van der Waals surface area contributed by atoms with Crippen LogP contribution in [-0.2, 0) is 11.2 Å². The molecule has 0 bridgehead atoms. The van der Waals surface area contributed by atoms with E-state index in [0.29, 0.717) is 47.4 Å². The lowest BCUT2D eigenvalue weighted by Crippen LogP contribution is -2.25. The van der Waals surface area contributed by atoms with E-state index in [1.807, 2.05) is 6.07 Å². The molecule has 1 atom stereocenters. The quantitative estimate of drug-likeness (QED) is 0.376. The highest BCUT2D eigenvalue weighted by Crippen LogP contribution is 2.34. The van der Waals surface area contributed by atoms with E-state index in [1.54, 1.807) is 7.11 Å². The van der Waals surface area contributed by atoms with Gasteiger partial charge in [0.05, 0.1) is 12.3 Å². The van der Waals surface area contributed by atoms with E-state index < -0.39 is 0 Å². The van der Waals surface area contributed by atoms with Crippen LogP contribution in [0.1, 0.15) is 37.9 Å². The standard InChI is InChI=1S/C16H23ClN2O3/c1-10(2)11-7-12-9-14(22-6-4-5-21-3)16(17)18-15(12)13(8-11)19-20/h9-11,20H,4-8H2,1-3H3. The lowest BCUT2D eigenvalue weighted by molar-refractivity contribution is 0.172. The molecule has 0 fully saturated rings. The molecule has 0 aromatic carbocycles. The SMILES string of the molecule is COCCCOc1cc2c(nc1Cl)C(=NO)CC(C(C)C)C2. The number of methoxy groups -OCH3 is 1. The van der Waals surface area contributed by atoms with Crippen LogP contribution in [-0.4, -0.2) is 36.2 Å². The topological polar surface area (TPSA) is 63.9 Å². The molecule has 0 saturated heterocycles. The molecule has 0 aliphatic heterocycles. The van der Waals surface area contributed by atoms with E-state index in [1.165, 1.54) is 0 Å². The van der Waals surface area contributed by atoms with Gasteiger partial charge in [0.2, 0.25) is 0 Å². The maximum Gasteiger partial charge on any atom is 0.171 e. The van der Waals surface area contributed by atoms with Gasteiger partial charge in [-0.3, -0.25) is 0 Å². The first-order valence-corrected chi connectivity index (χ1v) is 7.97. The van der Waals surface area contributed by atoms with Gasteiger partial charge in [0.25, 0.3) is 0 Å². The van der Waals surface area contributed by atoms with Crippen LogP contribution in [0.15, 0.2) is 11.2 Å². The third kappa shape index (κ3) is 3.90. The summed E-state index contributed by atoms with van der Waals surface area (Å²) in [5.41, 5.74) is 2.32. The van der Waals surface area contributed by atoms with E-state index in [4.69, 9.17) is 21.1 Å². The fraction of sp³-hybridized carbons (Fsp3) is 0.625. The van der Waals surface area contributed by atoms with Gasteiger partial charge in [0.1, 0.15) is 5.71 Å². The molecule has 6 heteroatoms. The van der Waals surface area contributed by atoms with Crippen LogP contribution in [0, 0.1) is 11.8 Å². The molecular weight excluding hydrogens is 304 g/mol. The summed E-state index contributed by atoms with van der Waals surface area (Å²) in [5, 5.41) is 13.0. The summed E-state index contributed by atoms with van der Waals surface area (Å²) in [6.07, 6.45) is 2.41. The predicted molar refractivity (Wildman–Crippen MR) is 86.2 cm³/mol. The molecule has 1 aliphatic rings. The van der Waals surface area contributed by atoms with E-state index in [0.717, 1.165) is 24.8 Å². The number of rotatable bonds is 6. The zero-order chi connectivity index (χ0) is 16.1. The van der Waals surface area contributed by atoms with Gasteiger partial charge in [-0.15, -0.1) is 0 Å². The van der Waals surface area contributed by atoms with Crippen LogP contribution in [0.3, 0.4) is 0 Å². The first kappa shape index (κ1) is 17.0. The Bertz CT molecular complexity index is 546. The minimum Gasteiger partial charge on any atom is -0.490 e. The van der Waals surface area contributed by atoms with Gasteiger partial charge in [-0.05, 0) is 36.3 Å². The highest BCUT2D eigenvalue weighted by Gasteiger charge is 2.28. The van der Waals surface area contributed by atoms with Crippen molar-refractivity contribution in [2.45, 2.75) is 33.1 Å². The highest BCUT2D eigenvalue weighted by atomic mass is 35.5. The zero-order valence-corrected chi connectivity index (χ0v) is 14.1. The first-order valence-electron chi connectivity index (χ1n) is 7.59. The van der Waals surface area contributed by atoms with E-state index in [-0.39, 0.29) is 0 Å². The highest BCUT2D eigenvalue weighted by molar-refractivity contribution is 6.31. The summed E-state index contributed by atoms with van der Waals surface area (Å²) in [6, 6.07) is 1.93. The number of nitrogens with zero attached hydrogens (tertiary/aromatic N) is 2. The second kappa shape index (κ2) is 7.79. The van der Waals surface area contributed by atoms with Crippen LogP contribution in [0.5, 0.6) is 5.75 Å². The number of hydrogen-bond donors (Lipinski definition) is 1. The Kier molecular flexibility index (Phi) is 6.03. The van der Waals surface area contributed by atoms with Crippen LogP contribution in [0.25, 0.3) is 0 Å². The van der Waals surface area contributed by atoms with Crippen molar-refractivity contribution in [1.29, 1.82) is 0 Å². The number of oxime groups is 1. The molecular formula is C16H23ClN2O3. The third-order valence-electron chi connectivity index (χ3n) is 4.05. The number of halogens is 1. The molecule has 0 spiro atoms. The first-order chi connectivity index (χ1) is 10.6. The number of hydrogen-bond acceptors (Lipinski definition) is 5. The Morgan fingerprint density at radius 2 is 2.18 bits per heavy atom. The average Bonchev–Trinajstić information content (AvgIpc) is 2.50. The molecule has 122 valence electrons. The van der Waals surface area contributed by atoms with Crippen LogP contribution < -0.4 is 4.74 Å². The molecule has 1 N–H and O–H groups in total. The minimum atomic E-state index is 0.306. The van der Waals surface area contributed by atoms with Gasteiger partial charge < -0.3 is 14.7 Å². The fourth-order valence-corrected chi connectivity index (χ4v) is 2.86. The van der Waals surface area contributed by atoms with Gasteiger partial charge in [-0.2, -0.15) is 0 Å². The maximum absolute atomic E-state index is 9.26. The van der Waals surface area contributed by atoms with Gasteiger partial charge in [0, 0.05) is 20.1 Å². The molecule has 0 radical (unpaired) electrons. The van der Waals surface area contributed by atoms with Crippen molar-refractivity contribution < 1.29 is 14.7 Å². The van der Waals surface area contributed by atoms with Gasteiger partial charge in [-0.1, -0.05) is 30.6 Å². The molecule has 0 saturated carbocycles. The summed E-state index contributed by atoms with van der Waals surface area (Å²) in [6.45, 7) is 5.53. The van der Waals surface area contributed by atoms with Crippen molar-refractivity contribution >= 4 is 17.3 Å². The Balaban J connectivity index is 2.22. The number of ether oxygens (including phenoxy) is 2. The lowest BCUT2D eigenvalue weighted by Gasteiger charge is -2.27. The molecule has 2 rings (SSSR count). The summed E-state index contributed by atoms with van der Waals surface area (Å²) in [5.74, 6) is 1.52. The second-order valence-corrected chi connectivity index (χ2v) is 6.30. The Morgan fingerprint density at radius 3 is 2.82 bits per heavy atom. The molecule has 1 aliphatic carbocycles. The fourth-order valence-electron chi connectivity index (χ4n) is 2.66. The lowest BCUT2D eigenvalue weighted by atomic mass is 9.79. The van der Waals surface area contributed by atoms with Crippen molar-refractivity contribution in [3.05, 3.63) is 22.5 Å². The number of pyridine rings is 1. The predicted octanol–water partition coefficient (Wildman–Crippen LogP) is 3.55. The van der Waals surface area contributed by atoms with Crippen molar-refractivity contribution in [2.24, 2.45) is 17.0 Å². The van der Waals surface area contributed by atoms with Crippen LogP contribution in [0.2, 0.25) is 5.15 Å². The Labute approximate surface area is 136 Å². The maximum atomic E-state index is 9.26. The molecule has 0 amide bonds. The third-order valence-corrected chi connectivity index (χ3v) is 4.32. The summed E-state index contributed by atoms with van der Waals surface area (Å²) >= 11 is 6.19. The molecule has 22 heavy (non-hydrogen) atoms. The van der Waals surface area contributed by atoms with Crippen LogP contribution >= 0.6 is 11.6 Å². The van der Waals surface area contributed by atoms with Crippen molar-refractivity contribution in [1.82, 2.24) is 4.98 Å². The molecule has 1 aromatic heterocycles. The average molecular weight is 327 g/mol. The van der Waals surface area contributed by atoms with Crippen molar-refractivity contribution in [2.75, 3.05) is 20.3 Å². The monoisotopic (exact) mass is 326 g/mol. The Morgan fingerprint density at radius 1 is 1.41 bits per heavy atom. The van der Waals surface area contributed by atoms with E-state index in [2.05, 4.69) is 24.0 Å². The molecule has 1 aromatic rings. The second-order valence-electron chi connectivity index (χ2n) is 5.94. The normalized spacial score (nSPS) is 19.5. The Hall–Kier alpha value is -1.33. The van der Waals surface area contributed by atoms with E-state index in [9.17, 15) is 5.21 Å². The van der Waals surface area contributed by atoms with Gasteiger partial charge in [0.15, 0.2) is 10.9 Å². The van der Waals surface area contributed by atoms with Crippen LogP contribution in [0.4, 0.5) is 0 Å². The number of aromatic nitrogens is 1. The molecule has 1 unspecified atom stereocenters. The van der Waals surface area contributed by atoms with E-state index >= 15 is 0 Å². The zero-order valence-electron chi connectivity index (χ0n) is 13.3. The number of fused-ring (bicyclic) bond motifs is 1. The molecule has 5 nitrogen and oxygen atoms in total. The largest absolute Gasteiger partial charge is 0.490 e. The van der Waals surface area contributed by atoms with Crippen molar-refractivity contribution in [3.63, 3.8) is 0 Å². The summed E-state index contributed by atoms with van der Waals surface area (Å²) < 4.78 is 10.7. The van der Waals surface area contributed by atoms with Gasteiger partial charge >= 0.3 is 0 Å². The molecule has 1 heterocycles. The summed E-state index contributed by atoms with van der Waals surface area (Å²) in [7, 11) is 1.66.